The van der Waals surface area contributed by atoms with Crippen molar-refractivity contribution in [2.45, 2.75) is 12.5 Å². The van der Waals surface area contributed by atoms with Crippen molar-refractivity contribution in [3.05, 3.63) is 94.6 Å². The van der Waals surface area contributed by atoms with Gasteiger partial charge in [-0.05, 0) is 53.2 Å². The number of hydrogen-bond acceptors (Lipinski definition) is 4. The Kier molecular flexibility index (Phi) is 6.60. The molecule has 36 heavy (non-hydrogen) atoms. The van der Waals surface area contributed by atoms with Gasteiger partial charge in [0.05, 0.1) is 23.0 Å². The standard InChI is InChI=1S/C28H26ClN5OS/c1-30-28(36)34-24(17-9-12-20(13-10-17)33(2)3)16-23(32-34)26-25(18-7-5-4-6-8-18)21-15-19(29)11-14-22(21)31-27(26)35/h4-15,21,24H,16H2,1-3H3,(H,30,36). The predicted octanol–water partition coefficient (Wildman–Crippen LogP) is 5.10. The molecule has 0 fully saturated rings. The first-order valence-corrected chi connectivity index (χ1v) is 12.5. The van der Waals surface area contributed by atoms with Gasteiger partial charge in [0.15, 0.2) is 5.11 Å². The van der Waals surface area contributed by atoms with Gasteiger partial charge in [0.2, 0.25) is 0 Å². The topological polar surface area (TPSA) is 60.3 Å². The number of hydrogen-bond donors (Lipinski definition) is 1. The van der Waals surface area contributed by atoms with Gasteiger partial charge in [0.1, 0.15) is 0 Å². The lowest BCUT2D eigenvalue weighted by Crippen LogP contribution is -2.34. The third-order valence-electron chi connectivity index (χ3n) is 6.58. The molecular weight excluding hydrogens is 490 g/mol. The lowest BCUT2D eigenvalue weighted by atomic mass is 9.79. The van der Waals surface area contributed by atoms with Crippen LogP contribution < -0.4 is 10.2 Å². The summed E-state index contributed by atoms with van der Waals surface area (Å²) in [5.74, 6) is -0.530. The molecule has 1 amide bonds. The van der Waals surface area contributed by atoms with Crippen LogP contribution in [0.15, 0.2) is 93.5 Å². The highest BCUT2D eigenvalue weighted by Gasteiger charge is 2.39. The molecule has 5 rings (SSSR count). The number of nitrogens with zero attached hydrogens (tertiary/aromatic N) is 4. The van der Waals surface area contributed by atoms with E-state index in [1.165, 1.54) is 0 Å². The summed E-state index contributed by atoms with van der Waals surface area (Å²) >= 11 is 12.0. The molecule has 2 aliphatic heterocycles. The van der Waals surface area contributed by atoms with Crippen molar-refractivity contribution in [3.8, 4) is 0 Å². The van der Waals surface area contributed by atoms with Crippen LogP contribution in [0.2, 0.25) is 0 Å². The van der Waals surface area contributed by atoms with Crippen molar-refractivity contribution in [3.63, 3.8) is 0 Å². The van der Waals surface area contributed by atoms with E-state index in [4.69, 9.17) is 28.9 Å². The largest absolute Gasteiger partial charge is 0.378 e. The lowest BCUT2D eigenvalue weighted by molar-refractivity contribution is -0.113. The van der Waals surface area contributed by atoms with Gasteiger partial charge in [-0.1, -0.05) is 60.1 Å². The summed E-state index contributed by atoms with van der Waals surface area (Å²) in [5.41, 5.74) is 5.85. The molecule has 2 aromatic rings. The summed E-state index contributed by atoms with van der Waals surface area (Å²) in [6.07, 6.45) is 6.05. The molecule has 0 spiro atoms. The second-order valence-electron chi connectivity index (χ2n) is 9.01. The van der Waals surface area contributed by atoms with Crippen LogP contribution in [0.3, 0.4) is 0 Å². The van der Waals surface area contributed by atoms with E-state index in [1.54, 1.807) is 18.1 Å². The van der Waals surface area contributed by atoms with E-state index in [0.29, 0.717) is 33.6 Å². The number of anilines is 1. The second kappa shape index (κ2) is 9.84. The van der Waals surface area contributed by atoms with Gasteiger partial charge in [0.25, 0.3) is 5.91 Å². The number of rotatable bonds is 4. The Morgan fingerprint density at radius 2 is 1.83 bits per heavy atom. The number of thiocarbonyl (C=S) groups is 1. The third-order valence-corrected chi connectivity index (χ3v) is 7.23. The zero-order valence-electron chi connectivity index (χ0n) is 20.3. The van der Waals surface area contributed by atoms with Crippen molar-refractivity contribution in [1.82, 2.24) is 10.3 Å². The molecule has 2 heterocycles. The lowest BCUT2D eigenvalue weighted by Gasteiger charge is -2.27. The van der Waals surface area contributed by atoms with Crippen LogP contribution in [0.25, 0.3) is 5.57 Å². The van der Waals surface area contributed by atoms with Crippen LogP contribution in [-0.4, -0.2) is 48.6 Å². The fraction of sp³-hybridized carbons (Fsp3) is 0.214. The van der Waals surface area contributed by atoms with Crippen LogP contribution >= 0.6 is 23.8 Å². The quantitative estimate of drug-likeness (QED) is 0.574. The maximum atomic E-state index is 13.5. The minimum absolute atomic E-state index is 0.149. The summed E-state index contributed by atoms with van der Waals surface area (Å²) in [6, 6.07) is 18.1. The van der Waals surface area contributed by atoms with Gasteiger partial charge < -0.3 is 10.2 Å². The number of carbonyl (C=O) groups excluding carboxylic acids is 1. The normalized spacial score (nSPS) is 21.1. The van der Waals surface area contributed by atoms with Crippen LogP contribution in [0, 0.1) is 5.92 Å². The highest BCUT2D eigenvalue weighted by atomic mass is 35.5. The Bertz CT molecular complexity index is 1370. The molecule has 2 atom stereocenters. The number of halogens is 1. The number of aliphatic imine (C=N–C) groups is 1. The molecule has 1 aliphatic carbocycles. The maximum absolute atomic E-state index is 13.5. The summed E-state index contributed by atoms with van der Waals surface area (Å²) in [5, 5.41) is 10.8. The van der Waals surface area contributed by atoms with Crippen molar-refractivity contribution in [2.75, 3.05) is 26.0 Å². The van der Waals surface area contributed by atoms with E-state index in [2.05, 4.69) is 39.5 Å². The second-order valence-corrected chi connectivity index (χ2v) is 9.83. The maximum Gasteiger partial charge on any atom is 0.279 e. The molecule has 1 N–H and O–H groups in total. The molecule has 2 unspecified atom stereocenters. The van der Waals surface area contributed by atoms with Gasteiger partial charge in [-0.15, -0.1) is 0 Å². The molecule has 0 aromatic heterocycles. The summed E-state index contributed by atoms with van der Waals surface area (Å²) in [7, 11) is 5.80. The molecule has 2 aromatic carbocycles. The SMILES string of the molecule is CNC(=S)N1N=C(C2=C(c3ccccc3)C3C=C(Cl)C=CC3=NC2=O)CC1c1ccc(N(C)C)cc1. The molecule has 0 saturated heterocycles. The predicted molar refractivity (Wildman–Crippen MR) is 151 cm³/mol. The zero-order valence-corrected chi connectivity index (χ0v) is 21.8. The monoisotopic (exact) mass is 515 g/mol. The van der Waals surface area contributed by atoms with E-state index >= 15 is 0 Å². The number of hydrazone groups is 1. The van der Waals surface area contributed by atoms with E-state index in [9.17, 15) is 4.79 Å². The van der Waals surface area contributed by atoms with Crippen LogP contribution in [0.5, 0.6) is 0 Å². The summed E-state index contributed by atoms with van der Waals surface area (Å²) < 4.78 is 0. The third kappa shape index (κ3) is 4.40. The first kappa shape index (κ1) is 24.2. The fourth-order valence-corrected chi connectivity index (χ4v) is 5.15. The minimum Gasteiger partial charge on any atom is -0.378 e. The van der Waals surface area contributed by atoms with Crippen molar-refractivity contribution in [1.29, 1.82) is 0 Å². The Morgan fingerprint density at radius 3 is 2.50 bits per heavy atom. The number of benzene rings is 2. The van der Waals surface area contributed by atoms with Crippen molar-refractivity contribution < 1.29 is 4.79 Å². The smallest absolute Gasteiger partial charge is 0.279 e. The number of carbonyl (C=O) groups is 1. The van der Waals surface area contributed by atoms with Crippen molar-refractivity contribution in [2.24, 2.45) is 16.0 Å². The van der Waals surface area contributed by atoms with Crippen LogP contribution in [-0.2, 0) is 4.79 Å². The fourth-order valence-electron chi connectivity index (χ4n) is 4.79. The molecule has 8 heteroatoms. The number of fused-ring (bicyclic) bond motifs is 1. The van der Waals surface area contributed by atoms with Gasteiger partial charge in [-0.3, -0.25) is 4.79 Å². The van der Waals surface area contributed by atoms with Gasteiger partial charge in [-0.25, -0.2) is 10.0 Å². The molecular formula is C28H26ClN5OS. The molecule has 0 saturated carbocycles. The Hall–Kier alpha value is -3.55. The van der Waals surface area contributed by atoms with Crippen LogP contribution in [0.4, 0.5) is 5.69 Å². The first-order valence-electron chi connectivity index (χ1n) is 11.7. The van der Waals surface area contributed by atoms with Gasteiger partial charge in [-0.2, -0.15) is 5.10 Å². The van der Waals surface area contributed by atoms with Crippen molar-refractivity contribution >= 4 is 57.5 Å². The summed E-state index contributed by atoms with van der Waals surface area (Å²) in [6.45, 7) is 0. The Balaban J connectivity index is 1.63. The van der Waals surface area contributed by atoms with E-state index in [0.717, 1.165) is 22.4 Å². The number of allylic oxidation sites excluding steroid dienone is 5. The number of amides is 1. The zero-order chi connectivity index (χ0) is 25.4. The molecule has 0 bridgehead atoms. The van der Waals surface area contributed by atoms with Crippen LogP contribution in [0.1, 0.15) is 23.6 Å². The van der Waals surface area contributed by atoms with Gasteiger partial charge in [0, 0.05) is 44.2 Å². The average molecular weight is 516 g/mol. The Labute approximate surface area is 221 Å². The van der Waals surface area contributed by atoms with E-state index in [-0.39, 0.29) is 17.9 Å². The Morgan fingerprint density at radius 1 is 1.11 bits per heavy atom. The molecule has 0 radical (unpaired) electrons. The molecule has 182 valence electrons. The highest BCUT2D eigenvalue weighted by Crippen LogP contribution is 2.41. The average Bonchev–Trinajstić information content (AvgIpc) is 3.33. The highest BCUT2D eigenvalue weighted by molar-refractivity contribution is 7.80. The minimum atomic E-state index is -0.297. The molecule has 3 aliphatic rings. The van der Waals surface area contributed by atoms with Gasteiger partial charge >= 0.3 is 0 Å². The number of nitrogens with one attached hydrogen (secondary N) is 1. The summed E-state index contributed by atoms with van der Waals surface area (Å²) in [4.78, 5) is 20.0. The van der Waals surface area contributed by atoms with E-state index < -0.39 is 0 Å². The molecule has 6 nitrogen and oxygen atoms in total. The number of dihydropyridines is 1. The van der Waals surface area contributed by atoms with E-state index in [1.807, 2.05) is 56.6 Å². The first-order chi connectivity index (χ1) is 17.4.